The second-order valence-corrected chi connectivity index (χ2v) is 5.32. The van der Waals surface area contributed by atoms with Crippen LogP contribution < -0.4 is 15.2 Å². The summed E-state index contributed by atoms with van der Waals surface area (Å²) >= 11 is 0. The van der Waals surface area contributed by atoms with E-state index in [1.54, 1.807) is 24.3 Å². The summed E-state index contributed by atoms with van der Waals surface area (Å²) in [5.74, 6) is 0.587. The third-order valence-corrected chi connectivity index (χ3v) is 2.29. The molecule has 106 valence electrons. The van der Waals surface area contributed by atoms with Crippen molar-refractivity contribution in [2.75, 3.05) is 5.73 Å². The molecule has 0 radical (unpaired) electrons. The van der Waals surface area contributed by atoms with Gasteiger partial charge in [-0.25, -0.2) is 4.39 Å². The highest BCUT2D eigenvalue weighted by atomic mass is 19.1. The zero-order chi connectivity index (χ0) is 14.8. The van der Waals surface area contributed by atoms with Gasteiger partial charge in [0.15, 0.2) is 0 Å². The number of benzene rings is 1. The van der Waals surface area contributed by atoms with Crippen molar-refractivity contribution in [2.45, 2.75) is 26.4 Å². The molecular formula is C15H17FN2O2. The predicted molar refractivity (Wildman–Crippen MR) is 75.5 cm³/mol. The van der Waals surface area contributed by atoms with Gasteiger partial charge in [-0.2, -0.15) is 4.98 Å². The highest BCUT2D eigenvalue weighted by Gasteiger charge is 2.16. The summed E-state index contributed by atoms with van der Waals surface area (Å²) in [6.45, 7) is 5.69. The average Bonchev–Trinajstić information content (AvgIpc) is 2.32. The fraction of sp³-hybridized carbons (Fsp3) is 0.267. The van der Waals surface area contributed by atoms with E-state index < -0.39 is 5.60 Å². The van der Waals surface area contributed by atoms with Gasteiger partial charge in [-0.15, -0.1) is 0 Å². The normalized spacial score (nSPS) is 11.2. The smallest absolute Gasteiger partial charge is 0.241 e. The summed E-state index contributed by atoms with van der Waals surface area (Å²) in [4.78, 5) is 4.19. The van der Waals surface area contributed by atoms with E-state index >= 15 is 0 Å². The number of aromatic nitrogens is 1. The van der Waals surface area contributed by atoms with Crippen LogP contribution in [0.4, 0.5) is 10.1 Å². The first-order valence-electron chi connectivity index (χ1n) is 6.22. The van der Waals surface area contributed by atoms with E-state index in [0.29, 0.717) is 23.2 Å². The Morgan fingerprint density at radius 3 is 2.55 bits per heavy atom. The maximum absolute atomic E-state index is 13.1. The van der Waals surface area contributed by atoms with Gasteiger partial charge in [0.1, 0.15) is 17.2 Å². The molecule has 0 spiro atoms. The van der Waals surface area contributed by atoms with E-state index in [1.807, 2.05) is 20.8 Å². The SMILES string of the molecule is CC(C)(C)Oc1nc(Oc2cccc(F)c2)ccc1N. The lowest BCUT2D eigenvalue weighted by Gasteiger charge is -2.21. The summed E-state index contributed by atoms with van der Waals surface area (Å²) in [5, 5.41) is 0. The average molecular weight is 276 g/mol. The summed E-state index contributed by atoms with van der Waals surface area (Å²) < 4.78 is 24.2. The van der Waals surface area contributed by atoms with E-state index in [0.717, 1.165) is 0 Å². The Morgan fingerprint density at radius 1 is 1.15 bits per heavy atom. The van der Waals surface area contributed by atoms with Crippen molar-refractivity contribution in [1.82, 2.24) is 4.98 Å². The summed E-state index contributed by atoms with van der Waals surface area (Å²) in [6.07, 6.45) is 0. The van der Waals surface area contributed by atoms with Gasteiger partial charge in [0.05, 0.1) is 5.69 Å². The first-order chi connectivity index (χ1) is 9.33. The van der Waals surface area contributed by atoms with Gasteiger partial charge in [-0.1, -0.05) is 6.07 Å². The predicted octanol–water partition coefficient (Wildman–Crippen LogP) is 3.77. The summed E-state index contributed by atoms with van der Waals surface area (Å²) in [7, 11) is 0. The lowest BCUT2D eigenvalue weighted by molar-refractivity contribution is 0.124. The molecule has 2 aromatic rings. The molecule has 0 aliphatic heterocycles. The molecule has 0 amide bonds. The van der Waals surface area contributed by atoms with E-state index in [-0.39, 0.29) is 5.82 Å². The molecule has 1 heterocycles. The van der Waals surface area contributed by atoms with Crippen LogP contribution in [0.25, 0.3) is 0 Å². The quantitative estimate of drug-likeness (QED) is 0.927. The van der Waals surface area contributed by atoms with Crippen molar-refractivity contribution in [3.63, 3.8) is 0 Å². The highest BCUT2D eigenvalue weighted by molar-refractivity contribution is 5.50. The number of nitrogens with two attached hydrogens (primary N) is 1. The van der Waals surface area contributed by atoms with Crippen LogP contribution in [0.5, 0.6) is 17.5 Å². The van der Waals surface area contributed by atoms with Crippen LogP contribution in [0.2, 0.25) is 0 Å². The summed E-state index contributed by atoms with van der Waals surface area (Å²) in [5.41, 5.74) is 5.82. The molecule has 0 aliphatic carbocycles. The van der Waals surface area contributed by atoms with Crippen molar-refractivity contribution >= 4 is 5.69 Å². The zero-order valence-corrected chi connectivity index (χ0v) is 11.7. The number of nitrogens with zero attached hydrogens (tertiary/aromatic N) is 1. The van der Waals surface area contributed by atoms with Gasteiger partial charge < -0.3 is 15.2 Å². The second-order valence-electron chi connectivity index (χ2n) is 5.32. The molecule has 4 nitrogen and oxygen atoms in total. The summed E-state index contributed by atoms with van der Waals surface area (Å²) in [6, 6.07) is 9.08. The number of rotatable bonds is 3. The minimum absolute atomic E-state index is 0.295. The van der Waals surface area contributed by atoms with Gasteiger partial charge in [0.25, 0.3) is 0 Å². The number of ether oxygens (including phenoxy) is 2. The molecule has 5 heteroatoms. The Kier molecular flexibility index (Phi) is 3.79. The Morgan fingerprint density at radius 2 is 1.90 bits per heavy atom. The third kappa shape index (κ3) is 3.85. The number of pyridine rings is 1. The van der Waals surface area contributed by atoms with Crippen LogP contribution in [-0.2, 0) is 0 Å². The fourth-order valence-electron chi connectivity index (χ4n) is 1.51. The molecule has 2 N–H and O–H groups in total. The molecule has 2 rings (SSSR count). The zero-order valence-electron chi connectivity index (χ0n) is 11.7. The Hall–Kier alpha value is -2.30. The number of anilines is 1. The molecule has 0 atom stereocenters. The molecule has 0 unspecified atom stereocenters. The molecule has 0 bridgehead atoms. The van der Waals surface area contributed by atoms with Gasteiger partial charge in [0.2, 0.25) is 11.8 Å². The van der Waals surface area contributed by atoms with Crippen molar-refractivity contribution in [2.24, 2.45) is 0 Å². The van der Waals surface area contributed by atoms with E-state index in [4.69, 9.17) is 15.2 Å². The van der Waals surface area contributed by atoms with Crippen LogP contribution in [0.15, 0.2) is 36.4 Å². The van der Waals surface area contributed by atoms with Crippen LogP contribution in [0, 0.1) is 5.82 Å². The largest absolute Gasteiger partial charge is 0.470 e. The number of hydrogen-bond acceptors (Lipinski definition) is 4. The van der Waals surface area contributed by atoms with E-state index in [9.17, 15) is 4.39 Å². The topological polar surface area (TPSA) is 57.4 Å². The lowest BCUT2D eigenvalue weighted by Crippen LogP contribution is -2.24. The minimum Gasteiger partial charge on any atom is -0.470 e. The first-order valence-corrected chi connectivity index (χ1v) is 6.22. The van der Waals surface area contributed by atoms with Crippen LogP contribution in [-0.4, -0.2) is 10.6 Å². The molecule has 0 saturated heterocycles. The maximum atomic E-state index is 13.1. The van der Waals surface area contributed by atoms with Gasteiger partial charge in [0, 0.05) is 12.1 Å². The molecular weight excluding hydrogens is 259 g/mol. The van der Waals surface area contributed by atoms with E-state index in [2.05, 4.69) is 4.98 Å². The van der Waals surface area contributed by atoms with Crippen molar-refractivity contribution in [1.29, 1.82) is 0 Å². The minimum atomic E-state index is -0.418. The monoisotopic (exact) mass is 276 g/mol. The Bertz CT molecular complexity index is 609. The molecule has 0 fully saturated rings. The van der Waals surface area contributed by atoms with Crippen LogP contribution in [0.1, 0.15) is 20.8 Å². The van der Waals surface area contributed by atoms with Crippen molar-refractivity contribution in [3.8, 4) is 17.5 Å². The molecule has 20 heavy (non-hydrogen) atoms. The van der Waals surface area contributed by atoms with Gasteiger partial charge in [-0.05, 0) is 39.0 Å². The molecule has 1 aromatic carbocycles. The standard InChI is InChI=1S/C15H17FN2O2/c1-15(2,3)20-14-12(17)7-8-13(18-14)19-11-6-4-5-10(16)9-11/h4-9H,17H2,1-3H3. The maximum Gasteiger partial charge on any atom is 0.241 e. The third-order valence-electron chi connectivity index (χ3n) is 2.29. The van der Waals surface area contributed by atoms with Gasteiger partial charge >= 0.3 is 0 Å². The first kappa shape index (κ1) is 14.1. The fourth-order valence-corrected chi connectivity index (χ4v) is 1.51. The van der Waals surface area contributed by atoms with Crippen LogP contribution in [0.3, 0.4) is 0 Å². The molecule has 0 aliphatic rings. The number of halogens is 1. The van der Waals surface area contributed by atoms with Crippen molar-refractivity contribution < 1.29 is 13.9 Å². The van der Waals surface area contributed by atoms with Crippen LogP contribution >= 0.6 is 0 Å². The second kappa shape index (κ2) is 5.36. The number of hydrogen-bond donors (Lipinski definition) is 1. The lowest BCUT2D eigenvalue weighted by atomic mass is 10.2. The van der Waals surface area contributed by atoms with E-state index in [1.165, 1.54) is 12.1 Å². The Labute approximate surface area is 117 Å². The highest BCUT2D eigenvalue weighted by Crippen LogP contribution is 2.28. The van der Waals surface area contributed by atoms with Gasteiger partial charge in [-0.3, -0.25) is 0 Å². The Balaban J connectivity index is 2.23. The molecule has 1 aromatic heterocycles. The number of nitrogen functional groups attached to an aromatic ring is 1. The molecule has 0 saturated carbocycles. The van der Waals surface area contributed by atoms with Crippen molar-refractivity contribution in [3.05, 3.63) is 42.2 Å².